The molecule has 2 heterocycles. The zero-order chi connectivity index (χ0) is 29.6. The lowest BCUT2D eigenvalue weighted by atomic mass is 9.95. The molecule has 0 spiro atoms. The first-order valence-electron chi connectivity index (χ1n) is 14.6. The molecule has 0 saturated carbocycles. The van der Waals surface area contributed by atoms with Crippen LogP contribution in [0.5, 0.6) is 0 Å². The summed E-state index contributed by atoms with van der Waals surface area (Å²) in [7, 11) is 0. The van der Waals surface area contributed by atoms with Gasteiger partial charge in [0.05, 0.1) is 11.3 Å². The Morgan fingerprint density at radius 3 is 2.13 bits per heavy atom. The molecule has 0 atom stereocenters. The number of carbonyl (C=O) groups excluding carboxylic acids is 1. The van der Waals surface area contributed by atoms with E-state index in [-0.39, 0.29) is 11.3 Å². The van der Waals surface area contributed by atoms with Crippen LogP contribution in [0.25, 0.3) is 16.1 Å². The highest BCUT2D eigenvalue weighted by Gasteiger charge is 2.15. The van der Waals surface area contributed by atoms with Gasteiger partial charge in [0, 0.05) is 22.7 Å². The van der Waals surface area contributed by atoms with Gasteiger partial charge in [-0.25, -0.2) is 4.98 Å². The average Bonchev–Trinajstić information content (AvgIpc) is 3.39. The summed E-state index contributed by atoms with van der Waals surface area (Å²) in [6, 6.07) is 1.61. The first kappa shape index (κ1) is 36.2. The summed E-state index contributed by atoms with van der Waals surface area (Å²) in [5.74, 6) is -0.0987. The van der Waals surface area contributed by atoms with Gasteiger partial charge < -0.3 is 4.98 Å². The largest absolute Gasteiger partial charge is 0.328 e. The lowest BCUT2D eigenvalue weighted by molar-refractivity contribution is 0.101. The van der Waals surface area contributed by atoms with Gasteiger partial charge in [0.1, 0.15) is 5.01 Å². The van der Waals surface area contributed by atoms with Crippen LogP contribution < -0.4 is 5.56 Å². The normalized spacial score (nSPS) is 11.7. The number of H-pyrrole nitrogens is 1. The van der Waals surface area contributed by atoms with Crippen LogP contribution >= 0.6 is 11.3 Å². The van der Waals surface area contributed by atoms with Crippen LogP contribution in [0.2, 0.25) is 0 Å². The number of aromatic nitrogens is 2. The number of ketones is 1. The van der Waals surface area contributed by atoms with E-state index < -0.39 is 0 Å². The van der Waals surface area contributed by atoms with Crippen molar-refractivity contribution in [1.82, 2.24) is 9.97 Å². The van der Waals surface area contributed by atoms with E-state index in [1.807, 2.05) is 24.5 Å². The van der Waals surface area contributed by atoms with E-state index in [9.17, 15) is 9.59 Å². The van der Waals surface area contributed by atoms with E-state index >= 15 is 0 Å². The number of Topliss-reactive ketones (excluding diaryl/α,β-unsaturated/α-hetero) is 1. The van der Waals surface area contributed by atoms with Gasteiger partial charge in [0.25, 0.3) is 5.56 Å². The maximum absolute atomic E-state index is 12.3. The predicted octanol–water partition coefficient (Wildman–Crippen LogP) is 10.7. The van der Waals surface area contributed by atoms with Gasteiger partial charge in [-0.2, -0.15) is 0 Å². The van der Waals surface area contributed by atoms with Crippen LogP contribution in [0.1, 0.15) is 129 Å². The third-order valence-corrected chi connectivity index (χ3v) is 6.72. The van der Waals surface area contributed by atoms with E-state index in [1.165, 1.54) is 75.0 Å². The summed E-state index contributed by atoms with van der Waals surface area (Å²) >= 11 is 1.40. The number of carbonyl (C=O) groups is 1. The maximum Gasteiger partial charge on any atom is 0.258 e. The molecule has 0 saturated heterocycles. The minimum Gasteiger partial charge on any atom is -0.328 e. The number of nitrogens with one attached hydrogen (secondary N) is 1. The van der Waals surface area contributed by atoms with Gasteiger partial charge in [-0.05, 0) is 38.8 Å². The first-order chi connectivity index (χ1) is 18.7. The van der Waals surface area contributed by atoms with E-state index in [2.05, 4.69) is 59.2 Å². The zero-order valence-corrected chi connectivity index (χ0v) is 26.6. The number of pyridine rings is 1. The van der Waals surface area contributed by atoms with Crippen molar-refractivity contribution in [2.75, 3.05) is 0 Å². The quantitative estimate of drug-likeness (QED) is 0.153. The number of allylic oxidation sites excluding steroid dienone is 7. The topological polar surface area (TPSA) is 62.8 Å². The fraction of sp³-hybridized carbons (Fsp3) is 0.500. The lowest BCUT2D eigenvalue weighted by Gasteiger charge is -2.11. The summed E-state index contributed by atoms with van der Waals surface area (Å²) < 4.78 is 0. The van der Waals surface area contributed by atoms with Gasteiger partial charge in [-0.3, -0.25) is 9.59 Å². The number of hydrogen-bond donors (Lipinski definition) is 1. The number of nitrogens with zero attached hydrogens (tertiary/aromatic N) is 1. The lowest BCUT2D eigenvalue weighted by Crippen LogP contribution is -2.10. The monoisotopic (exact) mass is 552 g/mol. The molecule has 1 N–H and O–H groups in total. The molecule has 0 bridgehead atoms. The van der Waals surface area contributed by atoms with Crippen LogP contribution in [0, 0.1) is 0 Å². The maximum atomic E-state index is 12.3. The zero-order valence-electron chi connectivity index (χ0n) is 25.8. The average molecular weight is 553 g/mol. The second-order valence-electron chi connectivity index (χ2n) is 9.59. The van der Waals surface area contributed by atoms with Gasteiger partial charge in [0.2, 0.25) is 0 Å². The van der Waals surface area contributed by atoms with Crippen molar-refractivity contribution in [3.05, 3.63) is 81.3 Å². The molecule has 5 heteroatoms. The Balaban J connectivity index is 0.00000111. The highest BCUT2D eigenvalue weighted by molar-refractivity contribution is 7.13. The van der Waals surface area contributed by atoms with E-state index in [4.69, 9.17) is 4.98 Å². The highest BCUT2D eigenvalue weighted by Crippen LogP contribution is 2.32. The minimum absolute atomic E-state index is 0.0987. The Hall–Kier alpha value is -2.79. The van der Waals surface area contributed by atoms with E-state index in [1.54, 1.807) is 12.1 Å². The summed E-state index contributed by atoms with van der Waals surface area (Å²) in [6.07, 6.45) is 21.0. The van der Waals surface area contributed by atoms with Crippen molar-refractivity contribution in [3.63, 3.8) is 0 Å². The SMILES string of the molecule is C=C\C=C/C(=C(\C)CCC)C(=C\C)/c1csc(-c2cc(C(C)=O)c[nH]c2=O)n1.CCC.CCCCCCCC. The third kappa shape index (κ3) is 13.7. The Morgan fingerprint density at radius 1 is 1.03 bits per heavy atom. The van der Waals surface area contributed by atoms with Gasteiger partial charge >= 0.3 is 0 Å². The number of unbranched alkanes of at least 4 members (excludes halogenated alkanes) is 5. The molecular weight excluding hydrogens is 500 g/mol. The Bertz CT molecular complexity index is 1130. The number of thiazole rings is 1. The van der Waals surface area contributed by atoms with Crippen LogP contribution in [-0.4, -0.2) is 15.8 Å². The number of aromatic amines is 1. The standard InChI is InChI=1S/C23H26N2O2S.C8H18.C3H8/c1-6-9-11-19(15(4)10-7-2)18(8-3)21-14-28-23(25-21)20-12-17(16(5)26)13-24-22(20)27;1-3-5-7-8-6-4-2;1-3-2/h6,8-9,11-14H,1,7,10H2,2-5H3,(H,24,27);3-8H2,1-2H3;3H2,1-2H3/b11-9-,18-8+,19-15-;;. The molecule has 0 aliphatic heterocycles. The van der Waals surface area contributed by atoms with E-state index in [0.717, 1.165) is 29.7 Å². The Kier molecular flexibility index (Phi) is 20.5. The van der Waals surface area contributed by atoms with Crippen molar-refractivity contribution >= 4 is 22.7 Å². The summed E-state index contributed by atoms with van der Waals surface area (Å²) in [5, 5.41) is 2.55. The van der Waals surface area contributed by atoms with Crippen molar-refractivity contribution in [2.24, 2.45) is 0 Å². The molecule has 39 heavy (non-hydrogen) atoms. The molecule has 0 radical (unpaired) electrons. The van der Waals surface area contributed by atoms with Crippen molar-refractivity contribution in [2.45, 2.75) is 113 Å². The molecular formula is C34H52N2O2S. The summed E-state index contributed by atoms with van der Waals surface area (Å²) in [4.78, 5) is 31.3. The molecule has 0 aliphatic rings. The highest BCUT2D eigenvalue weighted by atomic mass is 32.1. The van der Waals surface area contributed by atoms with E-state index in [0.29, 0.717) is 16.1 Å². The van der Waals surface area contributed by atoms with Gasteiger partial charge in [0.15, 0.2) is 5.78 Å². The minimum atomic E-state index is -0.252. The van der Waals surface area contributed by atoms with Gasteiger partial charge in [-0.1, -0.05) is 122 Å². The van der Waals surface area contributed by atoms with Crippen LogP contribution in [-0.2, 0) is 0 Å². The molecule has 2 rings (SSSR count). The fourth-order valence-corrected chi connectivity index (χ4v) is 4.63. The number of rotatable bonds is 13. The molecule has 0 aromatic carbocycles. The third-order valence-electron chi connectivity index (χ3n) is 5.84. The van der Waals surface area contributed by atoms with Crippen molar-refractivity contribution in [1.29, 1.82) is 0 Å². The molecule has 0 fully saturated rings. The number of hydrogen-bond acceptors (Lipinski definition) is 4. The van der Waals surface area contributed by atoms with Crippen LogP contribution in [0.4, 0.5) is 0 Å². The van der Waals surface area contributed by atoms with Gasteiger partial charge in [-0.15, -0.1) is 11.3 Å². The second-order valence-corrected chi connectivity index (χ2v) is 10.4. The first-order valence-corrected chi connectivity index (χ1v) is 15.5. The van der Waals surface area contributed by atoms with Crippen molar-refractivity contribution in [3.8, 4) is 10.6 Å². The second kappa shape index (κ2) is 22.1. The molecule has 216 valence electrons. The van der Waals surface area contributed by atoms with Crippen LogP contribution in [0.3, 0.4) is 0 Å². The molecule has 4 nitrogen and oxygen atoms in total. The molecule has 0 amide bonds. The molecule has 2 aromatic rings. The Morgan fingerprint density at radius 2 is 1.64 bits per heavy atom. The summed E-state index contributed by atoms with van der Waals surface area (Å²) in [5.41, 5.74) is 4.85. The molecule has 0 aliphatic carbocycles. The predicted molar refractivity (Wildman–Crippen MR) is 174 cm³/mol. The smallest absolute Gasteiger partial charge is 0.258 e. The van der Waals surface area contributed by atoms with Crippen molar-refractivity contribution < 1.29 is 4.79 Å². The molecule has 0 unspecified atom stereocenters. The molecule has 2 aromatic heterocycles. The summed E-state index contributed by atoms with van der Waals surface area (Å²) in [6.45, 7) is 20.3. The fourth-order valence-electron chi connectivity index (χ4n) is 3.80. The van der Waals surface area contributed by atoms with Crippen LogP contribution in [0.15, 0.2) is 64.5 Å². The Labute approximate surface area is 242 Å².